The Morgan fingerprint density at radius 1 is 1.31 bits per heavy atom. The van der Waals surface area contributed by atoms with Crippen LogP contribution in [0, 0.1) is 0 Å². The summed E-state index contributed by atoms with van der Waals surface area (Å²) in [6, 6.07) is 5.58. The molecule has 1 aromatic rings. The van der Waals surface area contributed by atoms with E-state index in [-0.39, 0.29) is 4.90 Å². The Balaban J connectivity index is 2.89. The number of nitrogens with one attached hydrogen (secondary N) is 1. The Morgan fingerprint density at radius 3 is 2.31 bits per heavy atom. The third-order valence-electron chi connectivity index (χ3n) is 1.69. The molecule has 0 heterocycles. The van der Waals surface area contributed by atoms with Gasteiger partial charge in [0.25, 0.3) is 0 Å². The molecule has 0 saturated heterocycles. The SMILES string of the molecule is NC(=O)CNS(=O)(=O)c1ccc([As]=O)cc1. The summed E-state index contributed by atoms with van der Waals surface area (Å²) in [6.45, 7) is -0.447. The Hall–Kier alpha value is -1.04. The van der Waals surface area contributed by atoms with Crippen molar-refractivity contribution in [1.82, 2.24) is 4.72 Å². The summed E-state index contributed by atoms with van der Waals surface area (Å²) in [5.74, 6) is -0.759. The number of hydrogen-bond acceptors (Lipinski definition) is 4. The van der Waals surface area contributed by atoms with Crippen LogP contribution in [0.2, 0.25) is 0 Å². The molecule has 0 saturated carbocycles. The molecule has 1 amide bonds. The molecule has 0 aliphatic heterocycles. The van der Waals surface area contributed by atoms with Crippen LogP contribution in [-0.2, 0) is 18.6 Å². The topological polar surface area (TPSA) is 106 Å². The van der Waals surface area contributed by atoms with E-state index in [2.05, 4.69) is 0 Å². The molecule has 16 heavy (non-hydrogen) atoms. The fourth-order valence-corrected chi connectivity index (χ4v) is 2.50. The number of rotatable bonds is 5. The van der Waals surface area contributed by atoms with E-state index < -0.39 is 38.2 Å². The van der Waals surface area contributed by atoms with Crippen LogP contribution in [0.3, 0.4) is 0 Å². The van der Waals surface area contributed by atoms with E-state index in [1.54, 1.807) is 0 Å². The first kappa shape index (κ1) is 13.0. The van der Waals surface area contributed by atoms with Gasteiger partial charge in [-0.25, -0.2) is 0 Å². The zero-order valence-electron chi connectivity index (χ0n) is 8.08. The molecule has 0 fully saturated rings. The second kappa shape index (κ2) is 5.34. The van der Waals surface area contributed by atoms with Gasteiger partial charge < -0.3 is 0 Å². The van der Waals surface area contributed by atoms with E-state index in [1.165, 1.54) is 24.3 Å². The Bertz CT molecular complexity index is 497. The van der Waals surface area contributed by atoms with Crippen LogP contribution < -0.4 is 14.8 Å². The van der Waals surface area contributed by atoms with Crippen molar-refractivity contribution >= 4 is 36.0 Å². The van der Waals surface area contributed by atoms with Crippen LogP contribution in [0.15, 0.2) is 29.2 Å². The normalized spacial score (nSPS) is 11.5. The van der Waals surface area contributed by atoms with Gasteiger partial charge in [-0.1, -0.05) is 0 Å². The molecular weight excluding hydrogens is 295 g/mol. The van der Waals surface area contributed by atoms with Crippen LogP contribution in [0.25, 0.3) is 0 Å². The monoisotopic (exact) mass is 304 g/mol. The molecule has 6 nitrogen and oxygen atoms in total. The molecule has 86 valence electrons. The molecule has 0 bridgehead atoms. The minimum absolute atomic E-state index is 0.00662. The maximum absolute atomic E-state index is 11.5. The van der Waals surface area contributed by atoms with Gasteiger partial charge in [-0.2, -0.15) is 0 Å². The van der Waals surface area contributed by atoms with Gasteiger partial charge in [-0.05, 0) is 0 Å². The fraction of sp³-hybridized carbons (Fsp3) is 0.125. The van der Waals surface area contributed by atoms with Crippen molar-refractivity contribution in [3.63, 3.8) is 0 Å². The molecule has 8 heteroatoms. The molecule has 0 aliphatic carbocycles. The molecule has 0 atom stereocenters. The van der Waals surface area contributed by atoms with Gasteiger partial charge >= 0.3 is 99.1 Å². The van der Waals surface area contributed by atoms with Gasteiger partial charge in [-0.15, -0.1) is 0 Å². The summed E-state index contributed by atoms with van der Waals surface area (Å²) in [5.41, 5.74) is 4.82. The fourth-order valence-electron chi connectivity index (χ4n) is 0.936. The third-order valence-corrected chi connectivity index (χ3v) is 4.17. The van der Waals surface area contributed by atoms with Crippen molar-refractivity contribution in [3.8, 4) is 0 Å². The average Bonchev–Trinajstić information content (AvgIpc) is 2.27. The van der Waals surface area contributed by atoms with Gasteiger partial charge in [0.15, 0.2) is 0 Å². The van der Waals surface area contributed by atoms with Crippen LogP contribution in [0.5, 0.6) is 0 Å². The molecule has 1 rings (SSSR count). The first-order valence-electron chi connectivity index (χ1n) is 4.17. The predicted molar refractivity (Wildman–Crippen MR) is 56.9 cm³/mol. The number of carbonyl (C=O) groups excluding carboxylic acids is 1. The van der Waals surface area contributed by atoms with Gasteiger partial charge in [-0.3, -0.25) is 0 Å². The van der Waals surface area contributed by atoms with Crippen molar-refractivity contribution in [2.24, 2.45) is 5.73 Å². The van der Waals surface area contributed by atoms with E-state index in [0.29, 0.717) is 4.35 Å². The van der Waals surface area contributed by atoms with Gasteiger partial charge in [0.05, 0.1) is 0 Å². The standard InChI is InChI=1S/C8H9AsN2O4S/c10-8(12)5-11-16(14,15)7-3-1-6(9-13)2-4-7/h1-4,11H,5H2,(H2,10,12). The first-order valence-corrected chi connectivity index (χ1v) is 7.36. The number of hydrogen-bond donors (Lipinski definition) is 2. The molecule has 0 aromatic heterocycles. The Labute approximate surface area is 99.2 Å². The second-order valence-electron chi connectivity index (χ2n) is 2.88. The van der Waals surface area contributed by atoms with Crippen molar-refractivity contribution in [2.45, 2.75) is 4.90 Å². The van der Waals surface area contributed by atoms with E-state index >= 15 is 0 Å². The van der Waals surface area contributed by atoms with Crippen LogP contribution in [0.4, 0.5) is 0 Å². The summed E-state index contributed by atoms with van der Waals surface area (Å²) in [6.07, 6.45) is 0. The summed E-state index contributed by atoms with van der Waals surface area (Å²) in [5, 5.41) is 0. The van der Waals surface area contributed by atoms with Gasteiger partial charge in [0.2, 0.25) is 0 Å². The Kier molecular flexibility index (Phi) is 4.34. The summed E-state index contributed by atoms with van der Waals surface area (Å²) in [7, 11) is -3.72. The van der Waals surface area contributed by atoms with E-state index in [9.17, 15) is 17.0 Å². The minimum atomic E-state index is -3.72. The van der Waals surface area contributed by atoms with Crippen molar-refractivity contribution in [3.05, 3.63) is 24.3 Å². The summed E-state index contributed by atoms with van der Waals surface area (Å²) < 4.78 is 36.3. The molecule has 0 spiro atoms. The van der Waals surface area contributed by atoms with Crippen LogP contribution in [0.1, 0.15) is 0 Å². The van der Waals surface area contributed by atoms with Crippen molar-refractivity contribution < 1.29 is 17.0 Å². The average molecular weight is 304 g/mol. The van der Waals surface area contributed by atoms with Crippen molar-refractivity contribution in [2.75, 3.05) is 6.54 Å². The molecule has 3 N–H and O–H groups in total. The zero-order chi connectivity index (χ0) is 12.2. The van der Waals surface area contributed by atoms with Crippen LogP contribution >= 0.6 is 0 Å². The van der Waals surface area contributed by atoms with Crippen molar-refractivity contribution in [1.29, 1.82) is 0 Å². The number of sulfonamides is 1. The molecule has 1 aromatic carbocycles. The summed E-state index contributed by atoms with van der Waals surface area (Å²) in [4.78, 5) is 10.4. The first-order chi connectivity index (χ1) is 7.45. The Morgan fingerprint density at radius 2 is 1.88 bits per heavy atom. The number of amides is 1. The van der Waals surface area contributed by atoms with E-state index in [0.717, 1.165) is 0 Å². The quantitative estimate of drug-likeness (QED) is 0.621. The molecule has 0 unspecified atom stereocenters. The predicted octanol–water partition coefficient (Wildman–Crippen LogP) is -1.87. The maximum atomic E-state index is 11.5. The van der Waals surface area contributed by atoms with Gasteiger partial charge in [0, 0.05) is 0 Å². The second-order valence-corrected chi connectivity index (χ2v) is 6.11. The van der Waals surface area contributed by atoms with E-state index in [1.807, 2.05) is 4.72 Å². The number of primary amides is 1. The summed E-state index contributed by atoms with van der Waals surface area (Å²) >= 11 is -1.17. The zero-order valence-corrected chi connectivity index (χ0v) is 10.8. The molecule has 0 aliphatic rings. The van der Waals surface area contributed by atoms with Gasteiger partial charge in [0.1, 0.15) is 0 Å². The van der Waals surface area contributed by atoms with E-state index in [4.69, 9.17) is 5.73 Å². The number of carbonyl (C=O) groups is 1. The number of benzene rings is 1. The third kappa shape index (κ3) is 3.52. The number of nitrogens with two attached hydrogens (primary N) is 1. The molecule has 0 radical (unpaired) electrons. The molecular formula is C8H9AsN2O4S. The van der Waals surface area contributed by atoms with Crippen LogP contribution in [-0.4, -0.2) is 36.6 Å².